The Balaban J connectivity index is 1.46. The third-order valence-corrected chi connectivity index (χ3v) is 11.1. The lowest BCUT2D eigenvalue weighted by Gasteiger charge is -2.40. The van der Waals surface area contributed by atoms with Crippen molar-refractivity contribution in [1.82, 2.24) is 14.7 Å². The van der Waals surface area contributed by atoms with Crippen molar-refractivity contribution < 1.29 is 33.8 Å². The average molecular weight is 684 g/mol. The number of hydrogen-bond acceptors (Lipinski definition) is 7. The summed E-state index contributed by atoms with van der Waals surface area (Å²) in [5, 5.41) is 10.8. The number of benzene rings is 2. The van der Waals surface area contributed by atoms with Crippen molar-refractivity contribution in [3.63, 3.8) is 0 Å². The molecule has 2 aromatic carbocycles. The number of esters is 1. The third-order valence-electron chi connectivity index (χ3n) is 11.1. The molecule has 10 nitrogen and oxygen atoms in total. The quantitative estimate of drug-likeness (QED) is 0.327. The molecule has 9 atom stereocenters. The van der Waals surface area contributed by atoms with Crippen molar-refractivity contribution in [2.24, 2.45) is 11.8 Å². The summed E-state index contributed by atoms with van der Waals surface area (Å²) in [6, 6.07) is 16.3. The number of hydrogen-bond donors (Lipinski definition) is 1. The van der Waals surface area contributed by atoms with Crippen molar-refractivity contribution >= 4 is 23.7 Å². The minimum absolute atomic E-state index is 0.0980. The van der Waals surface area contributed by atoms with Gasteiger partial charge in [0.1, 0.15) is 23.7 Å². The number of aliphatic hydroxyl groups is 1. The van der Waals surface area contributed by atoms with Crippen molar-refractivity contribution in [3.05, 3.63) is 96.1 Å². The standard InChI is InChI=1S/C40H49N3O7/c1-5-15-26(2)42-23-14-8-13-20-32(45)41(4)27(3)35(29-18-11-7-12-19-29)49-39(48)33-31-21-22-40(50-31)34(33)37(46)43(36(40)38(42)47)30(25-44)24-28-16-9-6-10-17-28/h6-12,14,16-19,21-22,26-27,30-31,33-36,44H,5,13,15,20,23-25H2,1-4H3/b14-8-/t26?,27-,30+,31+,33-,34-,35+,36+,40-/m0/s1. The van der Waals surface area contributed by atoms with E-state index in [9.17, 15) is 19.5 Å². The van der Waals surface area contributed by atoms with Gasteiger partial charge in [0.15, 0.2) is 0 Å². The summed E-state index contributed by atoms with van der Waals surface area (Å²) in [6.07, 6.45) is 8.41. The number of allylic oxidation sites excluding steroid dienone is 1. The monoisotopic (exact) mass is 683 g/mol. The molecule has 2 saturated heterocycles. The number of ether oxygens (including phenoxy) is 2. The zero-order valence-corrected chi connectivity index (χ0v) is 29.4. The molecule has 4 aliphatic heterocycles. The normalized spacial score (nSPS) is 31.9. The van der Waals surface area contributed by atoms with Crippen LogP contribution in [0.1, 0.15) is 63.7 Å². The maximum atomic E-state index is 15.0. The summed E-state index contributed by atoms with van der Waals surface area (Å²) in [5.41, 5.74) is 0.204. The van der Waals surface area contributed by atoms with E-state index in [0.29, 0.717) is 12.8 Å². The molecule has 0 saturated carbocycles. The van der Waals surface area contributed by atoms with Crippen LogP contribution in [0.3, 0.4) is 0 Å². The van der Waals surface area contributed by atoms with E-state index in [0.717, 1.165) is 24.0 Å². The van der Waals surface area contributed by atoms with Crippen molar-refractivity contribution in [2.45, 2.75) is 94.9 Å². The van der Waals surface area contributed by atoms with Gasteiger partial charge in [-0.05, 0) is 44.2 Å². The van der Waals surface area contributed by atoms with Gasteiger partial charge >= 0.3 is 5.97 Å². The molecule has 6 rings (SSSR count). The Morgan fingerprint density at radius 3 is 2.36 bits per heavy atom. The van der Waals surface area contributed by atoms with Crippen LogP contribution in [0.4, 0.5) is 0 Å². The predicted molar refractivity (Wildman–Crippen MR) is 187 cm³/mol. The molecule has 2 aromatic rings. The number of likely N-dealkylation sites (tertiary alicyclic amines) is 1. The van der Waals surface area contributed by atoms with Crippen molar-refractivity contribution in [1.29, 1.82) is 0 Å². The van der Waals surface area contributed by atoms with Crippen LogP contribution in [-0.2, 0) is 35.1 Å². The number of likely N-dealkylation sites (N-methyl/N-ethyl adjacent to an activating group) is 1. The van der Waals surface area contributed by atoms with E-state index in [2.05, 4.69) is 6.92 Å². The number of aliphatic hydroxyl groups excluding tert-OH is 1. The minimum atomic E-state index is -1.42. The zero-order valence-electron chi connectivity index (χ0n) is 29.4. The fourth-order valence-corrected chi connectivity index (χ4v) is 8.32. The maximum Gasteiger partial charge on any atom is 0.313 e. The molecule has 4 heterocycles. The second-order valence-electron chi connectivity index (χ2n) is 14.1. The molecule has 2 fully saturated rings. The van der Waals surface area contributed by atoms with Gasteiger partial charge < -0.3 is 29.3 Å². The van der Waals surface area contributed by atoms with Crippen LogP contribution in [0.15, 0.2) is 85.0 Å². The zero-order chi connectivity index (χ0) is 35.6. The SMILES string of the molecule is CCCC(C)N1C/C=C\CCC(=O)N(C)[C@@H](C)[C@H](c2ccccc2)OC(=O)[C@@H]2[C@H]3C(=O)N([C@@H](CO)Cc4ccccc4)[C@H](C1=O)[C@]31C=C[C@H]2O1. The lowest BCUT2D eigenvalue weighted by atomic mass is 9.74. The van der Waals surface area contributed by atoms with Gasteiger partial charge in [0.05, 0.1) is 30.7 Å². The van der Waals surface area contributed by atoms with Crippen LogP contribution >= 0.6 is 0 Å². The van der Waals surface area contributed by atoms with Crippen molar-refractivity contribution in [3.8, 4) is 0 Å². The Hall–Kier alpha value is -4.28. The number of amides is 3. The van der Waals surface area contributed by atoms with E-state index >= 15 is 4.79 Å². The molecule has 3 amide bonds. The van der Waals surface area contributed by atoms with E-state index in [1.807, 2.05) is 86.7 Å². The predicted octanol–water partition coefficient (Wildman–Crippen LogP) is 4.24. The second-order valence-corrected chi connectivity index (χ2v) is 14.1. The Labute approximate surface area is 294 Å². The van der Waals surface area contributed by atoms with Crippen LogP contribution < -0.4 is 0 Å². The first-order chi connectivity index (χ1) is 24.1. The molecule has 0 aromatic heterocycles. The van der Waals surface area contributed by atoms with Crippen LogP contribution in [-0.4, -0.2) is 99.6 Å². The molecule has 5 bridgehead atoms. The van der Waals surface area contributed by atoms with Crippen LogP contribution in [0.5, 0.6) is 0 Å². The van der Waals surface area contributed by atoms with E-state index < -0.39 is 59.6 Å². The molecule has 4 aliphatic rings. The van der Waals surface area contributed by atoms with Gasteiger partial charge in [-0.25, -0.2) is 0 Å². The summed E-state index contributed by atoms with van der Waals surface area (Å²) in [7, 11) is 1.71. The van der Waals surface area contributed by atoms with E-state index in [1.54, 1.807) is 29.0 Å². The first kappa shape index (κ1) is 35.5. The van der Waals surface area contributed by atoms with Gasteiger partial charge in [0.2, 0.25) is 17.7 Å². The highest BCUT2D eigenvalue weighted by atomic mass is 16.6. The summed E-state index contributed by atoms with van der Waals surface area (Å²) < 4.78 is 13.0. The first-order valence-corrected chi connectivity index (χ1v) is 17.9. The Morgan fingerprint density at radius 1 is 0.980 bits per heavy atom. The lowest BCUT2D eigenvalue weighted by Crippen LogP contribution is -2.60. The molecule has 0 radical (unpaired) electrons. The fourth-order valence-electron chi connectivity index (χ4n) is 8.32. The van der Waals surface area contributed by atoms with Gasteiger partial charge in [0.25, 0.3) is 0 Å². The Morgan fingerprint density at radius 2 is 1.68 bits per heavy atom. The van der Waals surface area contributed by atoms with Gasteiger partial charge in [-0.1, -0.05) is 98.3 Å². The summed E-state index contributed by atoms with van der Waals surface area (Å²) in [6.45, 7) is 5.80. The molecule has 266 valence electrons. The number of fused-ring (bicyclic) bond motifs is 2. The highest BCUT2D eigenvalue weighted by molar-refractivity contribution is 5.99. The number of rotatable bonds is 8. The second kappa shape index (κ2) is 14.9. The van der Waals surface area contributed by atoms with E-state index in [4.69, 9.17) is 9.47 Å². The Kier molecular flexibility index (Phi) is 10.6. The highest BCUT2D eigenvalue weighted by Gasteiger charge is 2.74. The van der Waals surface area contributed by atoms with Crippen LogP contribution in [0.2, 0.25) is 0 Å². The lowest BCUT2D eigenvalue weighted by molar-refractivity contribution is -0.164. The van der Waals surface area contributed by atoms with E-state index in [1.165, 1.54) is 4.90 Å². The molecular weight excluding hydrogens is 634 g/mol. The first-order valence-electron chi connectivity index (χ1n) is 17.9. The highest BCUT2D eigenvalue weighted by Crippen LogP contribution is 2.56. The maximum absolute atomic E-state index is 15.0. The summed E-state index contributed by atoms with van der Waals surface area (Å²) in [5.74, 6) is -3.50. The van der Waals surface area contributed by atoms with Gasteiger partial charge in [-0.2, -0.15) is 0 Å². The minimum Gasteiger partial charge on any atom is -0.455 e. The van der Waals surface area contributed by atoms with Crippen molar-refractivity contribution in [2.75, 3.05) is 20.2 Å². The number of carbonyl (C=O) groups excluding carboxylic acids is 4. The number of nitrogens with zero attached hydrogens (tertiary/aromatic N) is 3. The molecule has 50 heavy (non-hydrogen) atoms. The van der Waals surface area contributed by atoms with Gasteiger partial charge in [-0.3, -0.25) is 19.2 Å². The average Bonchev–Trinajstić information content (AvgIpc) is 3.78. The largest absolute Gasteiger partial charge is 0.455 e. The van der Waals surface area contributed by atoms with Crippen LogP contribution in [0, 0.1) is 11.8 Å². The van der Waals surface area contributed by atoms with Crippen LogP contribution in [0.25, 0.3) is 0 Å². The molecule has 1 N–H and O–H groups in total. The fraction of sp³-hybridized carbons (Fsp3) is 0.500. The number of cyclic esters (lactones) is 1. The third kappa shape index (κ3) is 6.39. The molecule has 1 spiro atoms. The smallest absolute Gasteiger partial charge is 0.313 e. The molecule has 10 heteroatoms. The van der Waals surface area contributed by atoms with E-state index in [-0.39, 0.29) is 37.4 Å². The molecular formula is C40H49N3O7. The van der Waals surface area contributed by atoms with Gasteiger partial charge in [0, 0.05) is 26.1 Å². The molecule has 0 aliphatic carbocycles. The molecule has 1 unspecified atom stereocenters. The summed E-state index contributed by atoms with van der Waals surface area (Å²) >= 11 is 0. The van der Waals surface area contributed by atoms with Gasteiger partial charge in [-0.15, -0.1) is 0 Å². The number of carbonyl (C=O) groups is 4. The topological polar surface area (TPSA) is 117 Å². The summed E-state index contributed by atoms with van der Waals surface area (Å²) in [4.78, 5) is 62.7. The Bertz CT molecular complexity index is 1610.